The summed E-state index contributed by atoms with van der Waals surface area (Å²) in [6.45, 7) is 5.03. The molecule has 0 amide bonds. The average molecular weight is 395 g/mol. The highest BCUT2D eigenvalue weighted by Crippen LogP contribution is 2.32. The summed E-state index contributed by atoms with van der Waals surface area (Å²) < 4.78 is 46.9. The van der Waals surface area contributed by atoms with E-state index in [2.05, 4.69) is 27.6 Å². The van der Waals surface area contributed by atoms with Crippen LogP contribution in [0.3, 0.4) is 0 Å². The number of benzene rings is 1. The molecular formula is C14H13F3INO. The second-order valence-corrected chi connectivity index (χ2v) is 5.54. The number of oxazole rings is 1. The lowest BCUT2D eigenvalue weighted by molar-refractivity contribution is 0.473. The topological polar surface area (TPSA) is 26.0 Å². The fourth-order valence-electron chi connectivity index (χ4n) is 1.91. The molecule has 1 aromatic carbocycles. The van der Waals surface area contributed by atoms with Crippen LogP contribution in [0.2, 0.25) is 0 Å². The zero-order valence-corrected chi connectivity index (χ0v) is 13.4. The molecule has 0 radical (unpaired) electrons. The molecule has 0 unspecified atom stereocenters. The van der Waals surface area contributed by atoms with Crippen molar-refractivity contribution < 1.29 is 17.6 Å². The highest BCUT2D eigenvalue weighted by molar-refractivity contribution is 14.1. The fourth-order valence-corrected chi connectivity index (χ4v) is 2.46. The Balaban J connectivity index is 2.63. The molecule has 1 heterocycles. The molecule has 0 spiro atoms. The standard InChI is InChI=1S/C14H13F3INO/c1-6(2)13-10(5-18)19-14(20-13)8-4-9(15)12(17)7(3)11(8)16/h4,6H,5H2,1-3H3. The van der Waals surface area contributed by atoms with Crippen molar-refractivity contribution >= 4 is 22.6 Å². The van der Waals surface area contributed by atoms with Gasteiger partial charge in [0.1, 0.15) is 11.6 Å². The number of rotatable bonds is 3. The monoisotopic (exact) mass is 395 g/mol. The van der Waals surface area contributed by atoms with Gasteiger partial charge >= 0.3 is 0 Å². The number of halogens is 4. The second kappa shape index (κ2) is 5.75. The van der Waals surface area contributed by atoms with E-state index in [4.69, 9.17) is 4.42 Å². The zero-order valence-electron chi connectivity index (χ0n) is 11.2. The van der Waals surface area contributed by atoms with Crippen LogP contribution < -0.4 is 0 Å². The van der Waals surface area contributed by atoms with Gasteiger partial charge in [-0.1, -0.05) is 36.4 Å². The highest BCUT2D eigenvalue weighted by atomic mass is 127. The minimum absolute atomic E-state index is 0.0140. The first-order valence-electron chi connectivity index (χ1n) is 6.06. The van der Waals surface area contributed by atoms with E-state index in [1.54, 1.807) is 0 Å². The molecule has 0 bridgehead atoms. The van der Waals surface area contributed by atoms with Crippen molar-refractivity contribution in [1.29, 1.82) is 0 Å². The smallest absolute Gasteiger partial charge is 0.229 e. The third-order valence-corrected chi connectivity index (χ3v) is 3.71. The SMILES string of the molecule is Cc1c(F)c(F)cc(-c2nc(CI)c(C(C)C)o2)c1F. The van der Waals surface area contributed by atoms with Gasteiger partial charge in [-0.3, -0.25) is 0 Å². The summed E-state index contributed by atoms with van der Waals surface area (Å²) in [6.07, 6.45) is 0. The summed E-state index contributed by atoms with van der Waals surface area (Å²) in [5.74, 6) is -2.44. The van der Waals surface area contributed by atoms with Crippen molar-refractivity contribution in [1.82, 2.24) is 4.98 Å². The van der Waals surface area contributed by atoms with E-state index in [9.17, 15) is 13.2 Å². The summed E-state index contributed by atoms with van der Waals surface area (Å²) in [6, 6.07) is 0.782. The van der Waals surface area contributed by atoms with Crippen LogP contribution in [0, 0.1) is 24.4 Å². The summed E-state index contributed by atoms with van der Waals surface area (Å²) in [7, 11) is 0. The van der Waals surface area contributed by atoms with E-state index < -0.39 is 17.5 Å². The third kappa shape index (κ3) is 2.57. The maximum Gasteiger partial charge on any atom is 0.229 e. The molecule has 108 valence electrons. The molecule has 0 N–H and O–H groups in total. The molecule has 0 aliphatic heterocycles. The molecule has 0 saturated heterocycles. The fraction of sp³-hybridized carbons (Fsp3) is 0.357. The predicted molar refractivity (Wildman–Crippen MR) is 78.4 cm³/mol. The van der Waals surface area contributed by atoms with Gasteiger partial charge in [-0.05, 0) is 13.0 Å². The lowest BCUT2D eigenvalue weighted by atomic mass is 10.1. The van der Waals surface area contributed by atoms with Gasteiger partial charge in [0.15, 0.2) is 11.6 Å². The average Bonchev–Trinajstić information content (AvgIpc) is 2.84. The maximum absolute atomic E-state index is 14.1. The molecular weight excluding hydrogens is 382 g/mol. The number of aromatic nitrogens is 1. The van der Waals surface area contributed by atoms with Crippen molar-refractivity contribution in [2.24, 2.45) is 0 Å². The van der Waals surface area contributed by atoms with Crippen LogP contribution >= 0.6 is 22.6 Å². The van der Waals surface area contributed by atoms with Gasteiger partial charge in [-0.2, -0.15) is 0 Å². The number of hydrogen-bond acceptors (Lipinski definition) is 2. The Kier molecular flexibility index (Phi) is 4.41. The van der Waals surface area contributed by atoms with Crippen molar-refractivity contribution in [3.63, 3.8) is 0 Å². The van der Waals surface area contributed by atoms with Crippen molar-refractivity contribution in [3.8, 4) is 11.5 Å². The van der Waals surface area contributed by atoms with Gasteiger partial charge in [-0.15, -0.1) is 0 Å². The van der Waals surface area contributed by atoms with E-state index >= 15 is 0 Å². The number of alkyl halides is 1. The molecule has 2 rings (SSSR count). The Morgan fingerprint density at radius 3 is 2.40 bits per heavy atom. The summed E-state index contributed by atoms with van der Waals surface area (Å²) in [5, 5.41) is 0. The van der Waals surface area contributed by atoms with Crippen molar-refractivity contribution in [2.75, 3.05) is 0 Å². The largest absolute Gasteiger partial charge is 0.440 e. The van der Waals surface area contributed by atoms with Gasteiger partial charge in [0, 0.05) is 15.9 Å². The van der Waals surface area contributed by atoms with E-state index in [0.717, 1.165) is 6.07 Å². The quantitative estimate of drug-likeness (QED) is 0.410. The van der Waals surface area contributed by atoms with Crippen LogP contribution in [-0.2, 0) is 4.43 Å². The van der Waals surface area contributed by atoms with Crippen LogP contribution in [0.25, 0.3) is 11.5 Å². The van der Waals surface area contributed by atoms with Crippen LogP contribution in [0.15, 0.2) is 10.5 Å². The Hall–Kier alpha value is -1.05. The maximum atomic E-state index is 14.1. The van der Waals surface area contributed by atoms with Crippen LogP contribution in [0.1, 0.15) is 36.8 Å². The Labute approximate surface area is 128 Å². The molecule has 2 aromatic rings. The zero-order chi connectivity index (χ0) is 15.0. The molecule has 6 heteroatoms. The first kappa shape index (κ1) is 15.3. The molecule has 0 aliphatic carbocycles. The molecule has 0 saturated carbocycles. The Morgan fingerprint density at radius 1 is 1.25 bits per heavy atom. The Morgan fingerprint density at radius 2 is 1.90 bits per heavy atom. The van der Waals surface area contributed by atoms with Gasteiger partial charge in [0.25, 0.3) is 0 Å². The third-order valence-electron chi connectivity index (χ3n) is 2.98. The molecule has 0 fully saturated rings. The van der Waals surface area contributed by atoms with Crippen LogP contribution in [0.5, 0.6) is 0 Å². The van der Waals surface area contributed by atoms with Crippen molar-refractivity contribution in [3.05, 3.63) is 40.5 Å². The molecule has 0 aliphatic rings. The van der Waals surface area contributed by atoms with Gasteiger partial charge in [0.2, 0.25) is 5.89 Å². The van der Waals surface area contributed by atoms with Crippen LogP contribution in [0.4, 0.5) is 13.2 Å². The molecule has 20 heavy (non-hydrogen) atoms. The minimum Gasteiger partial charge on any atom is -0.440 e. The number of hydrogen-bond donors (Lipinski definition) is 0. The summed E-state index contributed by atoms with van der Waals surface area (Å²) in [4.78, 5) is 4.19. The Bertz CT molecular complexity index is 652. The second-order valence-electron chi connectivity index (χ2n) is 4.78. The van der Waals surface area contributed by atoms with Gasteiger partial charge < -0.3 is 4.42 Å². The van der Waals surface area contributed by atoms with E-state index in [1.165, 1.54) is 6.92 Å². The van der Waals surface area contributed by atoms with Gasteiger partial charge in [-0.25, -0.2) is 18.2 Å². The normalized spacial score (nSPS) is 11.4. The molecule has 0 atom stereocenters. The number of nitrogens with zero attached hydrogens (tertiary/aromatic N) is 1. The lowest BCUT2D eigenvalue weighted by Crippen LogP contribution is -1.97. The van der Waals surface area contributed by atoms with Crippen molar-refractivity contribution in [2.45, 2.75) is 31.1 Å². The van der Waals surface area contributed by atoms with E-state index in [0.29, 0.717) is 15.9 Å². The summed E-state index contributed by atoms with van der Waals surface area (Å²) in [5.41, 5.74) is 0.164. The summed E-state index contributed by atoms with van der Waals surface area (Å²) >= 11 is 2.12. The first-order chi connectivity index (χ1) is 9.36. The predicted octanol–water partition coefficient (Wildman–Crippen LogP) is 5.13. The van der Waals surface area contributed by atoms with E-state index in [1.807, 2.05) is 13.8 Å². The molecule has 2 nitrogen and oxygen atoms in total. The highest BCUT2D eigenvalue weighted by Gasteiger charge is 2.22. The molecule has 1 aromatic heterocycles. The van der Waals surface area contributed by atoms with E-state index in [-0.39, 0.29) is 22.9 Å². The first-order valence-corrected chi connectivity index (χ1v) is 7.59. The van der Waals surface area contributed by atoms with Crippen LogP contribution in [-0.4, -0.2) is 4.98 Å². The van der Waals surface area contributed by atoms with Gasteiger partial charge in [0.05, 0.1) is 11.3 Å². The minimum atomic E-state index is -1.18. The lowest BCUT2D eigenvalue weighted by Gasteiger charge is -2.05.